The molecule has 1 aliphatic rings. The van der Waals surface area contributed by atoms with E-state index in [1.165, 1.54) is 36.8 Å². The van der Waals surface area contributed by atoms with Crippen molar-refractivity contribution >= 4 is 0 Å². The lowest BCUT2D eigenvalue weighted by atomic mass is 9.92. The Hall–Kier alpha value is -1.06. The van der Waals surface area contributed by atoms with Crippen LogP contribution in [0.2, 0.25) is 0 Å². The third-order valence-electron chi connectivity index (χ3n) is 3.84. The van der Waals surface area contributed by atoms with Crippen molar-refractivity contribution < 1.29 is 9.84 Å². The highest BCUT2D eigenvalue weighted by Gasteiger charge is 2.11. The van der Waals surface area contributed by atoms with Crippen molar-refractivity contribution in [2.75, 3.05) is 13.2 Å². The van der Waals surface area contributed by atoms with E-state index in [2.05, 4.69) is 37.4 Å². The van der Waals surface area contributed by atoms with Crippen LogP contribution in [-0.4, -0.2) is 30.4 Å². The quantitative estimate of drug-likeness (QED) is 0.805. The molecule has 0 amide bonds. The molecule has 0 saturated heterocycles. The van der Waals surface area contributed by atoms with Crippen molar-refractivity contribution in [1.29, 1.82) is 0 Å². The van der Waals surface area contributed by atoms with E-state index in [0.29, 0.717) is 12.6 Å². The van der Waals surface area contributed by atoms with Gasteiger partial charge in [-0.2, -0.15) is 0 Å². The smallest absolute Gasteiger partial charge is 0.119 e. The van der Waals surface area contributed by atoms with Crippen LogP contribution in [0, 0.1) is 0 Å². The summed E-state index contributed by atoms with van der Waals surface area (Å²) in [6, 6.07) is 6.98. The van der Waals surface area contributed by atoms with E-state index < -0.39 is 0 Å². The maximum absolute atomic E-state index is 9.31. The highest BCUT2D eigenvalue weighted by atomic mass is 16.5. The van der Waals surface area contributed by atoms with Gasteiger partial charge in [-0.25, -0.2) is 0 Å². The maximum Gasteiger partial charge on any atom is 0.119 e. The number of aryl methyl sites for hydroxylation is 2. The molecule has 112 valence electrons. The van der Waals surface area contributed by atoms with E-state index in [1.54, 1.807) is 0 Å². The summed E-state index contributed by atoms with van der Waals surface area (Å²) in [4.78, 5) is 0. The van der Waals surface area contributed by atoms with Crippen molar-refractivity contribution in [2.24, 2.45) is 0 Å². The first-order chi connectivity index (χ1) is 9.69. The molecule has 0 radical (unpaired) electrons. The first-order valence-electron chi connectivity index (χ1n) is 7.80. The van der Waals surface area contributed by atoms with Gasteiger partial charge in [0.15, 0.2) is 0 Å². The van der Waals surface area contributed by atoms with E-state index in [9.17, 15) is 5.11 Å². The average Bonchev–Trinajstić information content (AvgIpc) is 2.45. The van der Waals surface area contributed by atoms with E-state index in [4.69, 9.17) is 4.74 Å². The molecular weight excluding hydrogens is 250 g/mol. The Bertz CT molecular complexity index is 417. The highest BCUT2D eigenvalue weighted by molar-refractivity contribution is 5.37. The van der Waals surface area contributed by atoms with Crippen LogP contribution in [0.15, 0.2) is 18.2 Å². The number of fused-ring (bicyclic) bond motifs is 1. The number of ether oxygens (including phenoxy) is 1. The lowest BCUT2D eigenvalue weighted by Gasteiger charge is -2.20. The third-order valence-corrected chi connectivity index (χ3v) is 3.84. The fourth-order valence-corrected chi connectivity index (χ4v) is 2.82. The summed E-state index contributed by atoms with van der Waals surface area (Å²) in [5.41, 5.74) is 2.94. The predicted octanol–water partition coefficient (Wildman–Crippen LogP) is 2.69. The molecule has 2 N–H and O–H groups in total. The van der Waals surface area contributed by atoms with Gasteiger partial charge in [-0.05, 0) is 55.4 Å². The summed E-state index contributed by atoms with van der Waals surface area (Å²) in [5.74, 6) is 0.965. The summed E-state index contributed by atoms with van der Waals surface area (Å²) >= 11 is 0. The van der Waals surface area contributed by atoms with Crippen LogP contribution in [0.5, 0.6) is 5.75 Å². The number of benzene rings is 1. The largest absolute Gasteiger partial charge is 0.494 e. The van der Waals surface area contributed by atoms with Crippen LogP contribution in [0.4, 0.5) is 0 Å². The molecule has 1 unspecified atom stereocenters. The zero-order valence-electron chi connectivity index (χ0n) is 12.7. The molecule has 2 rings (SSSR count). The first kappa shape index (κ1) is 15.3. The molecule has 0 saturated carbocycles. The zero-order chi connectivity index (χ0) is 14.4. The minimum absolute atomic E-state index is 0.118. The van der Waals surface area contributed by atoms with Crippen LogP contribution < -0.4 is 10.1 Å². The lowest BCUT2D eigenvalue weighted by Crippen LogP contribution is -2.38. The molecule has 20 heavy (non-hydrogen) atoms. The summed E-state index contributed by atoms with van der Waals surface area (Å²) in [6.45, 7) is 4.98. The van der Waals surface area contributed by atoms with Gasteiger partial charge in [-0.1, -0.05) is 19.9 Å². The van der Waals surface area contributed by atoms with Crippen LogP contribution in [0.1, 0.15) is 44.2 Å². The molecule has 0 aromatic heterocycles. The number of hydrogen-bond donors (Lipinski definition) is 2. The van der Waals surface area contributed by atoms with Gasteiger partial charge in [0.1, 0.15) is 5.75 Å². The summed E-state index contributed by atoms with van der Waals surface area (Å²) in [5, 5.41) is 12.6. The fourth-order valence-electron chi connectivity index (χ4n) is 2.82. The van der Waals surface area contributed by atoms with E-state index in [-0.39, 0.29) is 12.6 Å². The molecule has 3 nitrogen and oxygen atoms in total. The molecule has 1 atom stereocenters. The van der Waals surface area contributed by atoms with E-state index >= 15 is 0 Å². The SMILES string of the molecule is CC(C)NC(CO)CCOc1ccc2c(c1)CCCC2. The van der Waals surface area contributed by atoms with Crippen molar-refractivity contribution in [3.05, 3.63) is 29.3 Å². The first-order valence-corrected chi connectivity index (χ1v) is 7.80. The predicted molar refractivity (Wildman–Crippen MR) is 82.3 cm³/mol. The lowest BCUT2D eigenvalue weighted by molar-refractivity contribution is 0.202. The summed E-state index contributed by atoms with van der Waals surface area (Å²) in [7, 11) is 0. The Balaban J connectivity index is 1.81. The summed E-state index contributed by atoms with van der Waals surface area (Å²) in [6.07, 6.45) is 5.82. The van der Waals surface area contributed by atoms with Gasteiger partial charge >= 0.3 is 0 Å². The molecular formula is C17H27NO2. The molecule has 1 aromatic carbocycles. The Labute approximate surface area is 122 Å². The van der Waals surface area contributed by atoms with Crippen molar-refractivity contribution in [2.45, 2.75) is 58.0 Å². The number of hydrogen-bond acceptors (Lipinski definition) is 3. The van der Waals surface area contributed by atoms with Crippen LogP contribution in [-0.2, 0) is 12.8 Å². The second-order valence-corrected chi connectivity index (χ2v) is 5.98. The van der Waals surface area contributed by atoms with E-state index in [1.807, 2.05) is 0 Å². The number of aliphatic hydroxyl groups is 1. The Kier molecular flexibility index (Phi) is 5.86. The molecule has 0 fully saturated rings. The topological polar surface area (TPSA) is 41.5 Å². The number of nitrogens with one attached hydrogen (secondary N) is 1. The third kappa shape index (κ3) is 4.50. The zero-order valence-corrected chi connectivity index (χ0v) is 12.7. The second kappa shape index (κ2) is 7.65. The van der Waals surface area contributed by atoms with Crippen LogP contribution >= 0.6 is 0 Å². The molecule has 0 bridgehead atoms. The van der Waals surface area contributed by atoms with Crippen LogP contribution in [0.25, 0.3) is 0 Å². The molecule has 0 heterocycles. The second-order valence-electron chi connectivity index (χ2n) is 5.98. The normalized spacial score (nSPS) is 16.0. The number of aliphatic hydroxyl groups excluding tert-OH is 1. The van der Waals surface area contributed by atoms with Crippen molar-refractivity contribution in [1.82, 2.24) is 5.32 Å². The summed E-state index contributed by atoms with van der Waals surface area (Å²) < 4.78 is 5.83. The highest BCUT2D eigenvalue weighted by Crippen LogP contribution is 2.25. The molecule has 1 aliphatic carbocycles. The molecule has 0 aliphatic heterocycles. The Morgan fingerprint density at radius 2 is 1.95 bits per heavy atom. The van der Waals surface area contributed by atoms with E-state index in [0.717, 1.165) is 12.2 Å². The van der Waals surface area contributed by atoms with Gasteiger partial charge in [-0.15, -0.1) is 0 Å². The average molecular weight is 277 g/mol. The van der Waals surface area contributed by atoms with Gasteiger partial charge in [-0.3, -0.25) is 0 Å². The standard InChI is InChI=1S/C17H27NO2/c1-13(2)18-16(12-19)9-10-20-17-8-7-14-5-3-4-6-15(14)11-17/h7-8,11,13,16,18-19H,3-6,9-10,12H2,1-2H3. The van der Waals surface area contributed by atoms with Crippen molar-refractivity contribution in [3.63, 3.8) is 0 Å². The van der Waals surface area contributed by atoms with Crippen LogP contribution in [0.3, 0.4) is 0 Å². The van der Waals surface area contributed by atoms with Gasteiger partial charge in [0, 0.05) is 12.1 Å². The molecule has 0 spiro atoms. The molecule has 3 heteroatoms. The molecule has 1 aromatic rings. The monoisotopic (exact) mass is 277 g/mol. The van der Waals surface area contributed by atoms with Gasteiger partial charge in [0.25, 0.3) is 0 Å². The van der Waals surface area contributed by atoms with Gasteiger partial charge in [0.05, 0.1) is 13.2 Å². The fraction of sp³-hybridized carbons (Fsp3) is 0.647. The van der Waals surface area contributed by atoms with Gasteiger partial charge < -0.3 is 15.2 Å². The Morgan fingerprint density at radius 3 is 2.65 bits per heavy atom. The van der Waals surface area contributed by atoms with Gasteiger partial charge in [0.2, 0.25) is 0 Å². The Morgan fingerprint density at radius 1 is 1.20 bits per heavy atom. The maximum atomic E-state index is 9.31. The minimum Gasteiger partial charge on any atom is -0.494 e. The minimum atomic E-state index is 0.118. The number of rotatable bonds is 7. The van der Waals surface area contributed by atoms with Crippen molar-refractivity contribution in [3.8, 4) is 5.75 Å².